The number of carbonyl (C=O) groups is 1. The standard InChI is InChI=1S/C11H16N2OS.ClH/c1-12-10-6-5-9(15-10)11(14)13(2)7-8-3-4-8;/h5-6,8,12H,3-4,7H2,1-2H3;1H. The van der Waals surface area contributed by atoms with Crippen molar-refractivity contribution in [3.63, 3.8) is 0 Å². The first-order chi connectivity index (χ1) is 7.20. The van der Waals surface area contributed by atoms with E-state index in [9.17, 15) is 4.79 Å². The van der Waals surface area contributed by atoms with Crippen LogP contribution in [0.3, 0.4) is 0 Å². The summed E-state index contributed by atoms with van der Waals surface area (Å²) in [6.07, 6.45) is 2.56. The van der Waals surface area contributed by atoms with E-state index < -0.39 is 0 Å². The van der Waals surface area contributed by atoms with Crippen molar-refractivity contribution in [3.05, 3.63) is 17.0 Å². The van der Waals surface area contributed by atoms with Crippen molar-refractivity contribution in [1.82, 2.24) is 4.90 Å². The van der Waals surface area contributed by atoms with E-state index in [1.165, 1.54) is 24.2 Å². The molecule has 1 aliphatic carbocycles. The molecule has 1 fully saturated rings. The minimum atomic E-state index is 0. The molecule has 1 saturated carbocycles. The van der Waals surface area contributed by atoms with Gasteiger partial charge in [0, 0.05) is 20.6 Å². The van der Waals surface area contributed by atoms with Crippen molar-refractivity contribution in [1.29, 1.82) is 0 Å². The quantitative estimate of drug-likeness (QED) is 0.903. The first kappa shape index (κ1) is 13.3. The summed E-state index contributed by atoms with van der Waals surface area (Å²) in [6.45, 7) is 0.908. The van der Waals surface area contributed by atoms with Gasteiger partial charge in [-0.15, -0.1) is 23.7 Å². The number of thiophene rings is 1. The summed E-state index contributed by atoms with van der Waals surface area (Å²) < 4.78 is 0. The molecule has 1 N–H and O–H groups in total. The fourth-order valence-corrected chi connectivity index (χ4v) is 2.40. The molecule has 0 unspecified atom stereocenters. The maximum atomic E-state index is 11.9. The molecular weight excluding hydrogens is 244 g/mol. The predicted octanol–water partition coefficient (Wildman–Crippen LogP) is 2.69. The van der Waals surface area contributed by atoms with Crippen LogP contribution in [0.2, 0.25) is 0 Å². The molecule has 2 rings (SSSR count). The van der Waals surface area contributed by atoms with Gasteiger partial charge in [-0.2, -0.15) is 0 Å². The van der Waals surface area contributed by atoms with Crippen LogP contribution in [0.15, 0.2) is 12.1 Å². The van der Waals surface area contributed by atoms with Crippen LogP contribution in [-0.2, 0) is 0 Å². The molecule has 1 amide bonds. The SMILES string of the molecule is CNc1ccc(C(=O)N(C)CC2CC2)s1.Cl. The molecule has 0 spiro atoms. The van der Waals surface area contributed by atoms with Crippen molar-refractivity contribution in [2.75, 3.05) is 26.0 Å². The lowest BCUT2D eigenvalue weighted by molar-refractivity contribution is 0.0793. The maximum absolute atomic E-state index is 11.9. The molecule has 1 heterocycles. The van der Waals surface area contributed by atoms with E-state index in [-0.39, 0.29) is 18.3 Å². The van der Waals surface area contributed by atoms with Crippen molar-refractivity contribution < 1.29 is 4.79 Å². The summed E-state index contributed by atoms with van der Waals surface area (Å²) in [5.41, 5.74) is 0. The second-order valence-electron chi connectivity index (χ2n) is 4.04. The smallest absolute Gasteiger partial charge is 0.263 e. The van der Waals surface area contributed by atoms with Gasteiger partial charge in [0.05, 0.1) is 9.88 Å². The Morgan fingerprint density at radius 1 is 1.56 bits per heavy atom. The van der Waals surface area contributed by atoms with Crippen molar-refractivity contribution in [3.8, 4) is 0 Å². The number of hydrogen-bond acceptors (Lipinski definition) is 3. The van der Waals surface area contributed by atoms with E-state index in [0.29, 0.717) is 0 Å². The number of nitrogens with zero attached hydrogens (tertiary/aromatic N) is 1. The molecule has 0 aromatic carbocycles. The minimum absolute atomic E-state index is 0. The minimum Gasteiger partial charge on any atom is -0.380 e. The Bertz CT molecular complexity index is 363. The monoisotopic (exact) mass is 260 g/mol. The zero-order valence-corrected chi connectivity index (χ0v) is 11.2. The van der Waals surface area contributed by atoms with Gasteiger partial charge in [-0.3, -0.25) is 4.79 Å². The van der Waals surface area contributed by atoms with Gasteiger partial charge in [0.2, 0.25) is 0 Å². The molecule has 16 heavy (non-hydrogen) atoms. The number of halogens is 1. The summed E-state index contributed by atoms with van der Waals surface area (Å²) in [5.74, 6) is 0.899. The molecule has 0 atom stereocenters. The van der Waals surface area contributed by atoms with Crippen LogP contribution in [0, 0.1) is 5.92 Å². The molecule has 0 aliphatic heterocycles. The van der Waals surface area contributed by atoms with E-state index in [2.05, 4.69) is 5.32 Å². The largest absolute Gasteiger partial charge is 0.380 e. The highest BCUT2D eigenvalue weighted by atomic mass is 35.5. The fraction of sp³-hybridized carbons (Fsp3) is 0.545. The average Bonchev–Trinajstić information content (AvgIpc) is 2.92. The Kier molecular flexibility index (Phi) is 4.62. The van der Waals surface area contributed by atoms with Crippen molar-refractivity contribution in [2.45, 2.75) is 12.8 Å². The molecule has 5 heteroatoms. The van der Waals surface area contributed by atoms with Gasteiger partial charge < -0.3 is 10.2 Å². The molecule has 90 valence electrons. The van der Waals surface area contributed by atoms with Gasteiger partial charge in [-0.1, -0.05) is 0 Å². The lowest BCUT2D eigenvalue weighted by Gasteiger charge is -2.15. The summed E-state index contributed by atoms with van der Waals surface area (Å²) in [6, 6.07) is 3.84. The number of amides is 1. The zero-order valence-electron chi connectivity index (χ0n) is 9.53. The highest BCUT2D eigenvalue weighted by Crippen LogP contribution is 2.30. The Balaban J connectivity index is 0.00000128. The summed E-state index contributed by atoms with van der Waals surface area (Å²) >= 11 is 1.51. The maximum Gasteiger partial charge on any atom is 0.263 e. The highest BCUT2D eigenvalue weighted by Gasteiger charge is 2.25. The molecule has 1 aromatic heterocycles. The third kappa shape index (κ3) is 3.12. The Morgan fingerprint density at radius 3 is 2.75 bits per heavy atom. The van der Waals surface area contributed by atoms with E-state index >= 15 is 0 Å². The number of hydrogen-bond donors (Lipinski definition) is 1. The van der Waals surface area contributed by atoms with Crippen molar-refractivity contribution in [2.24, 2.45) is 5.92 Å². The van der Waals surface area contributed by atoms with E-state index in [1.807, 2.05) is 31.1 Å². The molecule has 0 saturated heterocycles. The van der Waals surface area contributed by atoms with E-state index in [4.69, 9.17) is 0 Å². The number of rotatable bonds is 4. The van der Waals surface area contributed by atoms with Gasteiger partial charge in [-0.05, 0) is 30.9 Å². The molecule has 1 aromatic rings. The average molecular weight is 261 g/mol. The van der Waals surface area contributed by atoms with Crippen LogP contribution >= 0.6 is 23.7 Å². The van der Waals surface area contributed by atoms with Gasteiger partial charge in [0.25, 0.3) is 5.91 Å². The number of anilines is 1. The topological polar surface area (TPSA) is 32.3 Å². The fourth-order valence-electron chi connectivity index (χ4n) is 1.55. The Morgan fingerprint density at radius 2 is 2.25 bits per heavy atom. The van der Waals surface area contributed by atoms with Gasteiger partial charge >= 0.3 is 0 Å². The van der Waals surface area contributed by atoms with Crippen LogP contribution in [0.5, 0.6) is 0 Å². The normalized spacial score (nSPS) is 14.1. The molecule has 3 nitrogen and oxygen atoms in total. The van der Waals surface area contributed by atoms with Gasteiger partial charge in [0.1, 0.15) is 0 Å². The Hall–Kier alpha value is -0.740. The van der Waals surface area contributed by atoms with Crippen LogP contribution in [-0.4, -0.2) is 31.4 Å². The third-order valence-electron chi connectivity index (χ3n) is 2.64. The third-order valence-corrected chi connectivity index (χ3v) is 3.73. The summed E-state index contributed by atoms with van der Waals surface area (Å²) in [7, 11) is 3.76. The van der Waals surface area contributed by atoms with E-state index in [0.717, 1.165) is 22.3 Å². The second kappa shape index (κ2) is 5.55. The van der Waals surface area contributed by atoms with Crippen LogP contribution in [0.4, 0.5) is 5.00 Å². The van der Waals surface area contributed by atoms with Crippen molar-refractivity contribution >= 4 is 34.7 Å². The zero-order chi connectivity index (χ0) is 10.8. The predicted molar refractivity (Wildman–Crippen MR) is 70.8 cm³/mol. The number of carbonyl (C=O) groups excluding carboxylic acids is 1. The first-order valence-corrected chi connectivity index (χ1v) is 6.05. The van der Waals surface area contributed by atoms with Gasteiger partial charge in [0.15, 0.2) is 0 Å². The Labute approximate surface area is 106 Å². The number of nitrogens with one attached hydrogen (secondary N) is 1. The summed E-state index contributed by atoms with van der Waals surface area (Å²) in [4.78, 5) is 14.6. The molecule has 0 radical (unpaired) electrons. The van der Waals surface area contributed by atoms with Crippen LogP contribution < -0.4 is 5.32 Å². The highest BCUT2D eigenvalue weighted by molar-refractivity contribution is 7.17. The second-order valence-corrected chi connectivity index (χ2v) is 5.13. The van der Waals surface area contributed by atoms with Crippen LogP contribution in [0.1, 0.15) is 22.5 Å². The molecule has 1 aliphatic rings. The van der Waals surface area contributed by atoms with E-state index in [1.54, 1.807) is 0 Å². The first-order valence-electron chi connectivity index (χ1n) is 5.23. The van der Waals surface area contributed by atoms with Gasteiger partial charge in [-0.25, -0.2) is 0 Å². The lowest BCUT2D eigenvalue weighted by Crippen LogP contribution is -2.27. The summed E-state index contributed by atoms with van der Waals surface area (Å²) in [5, 5.41) is 4.08. The molecule has 0 bridgehead atoms. The van der Waals surface area contributed by atoms with Crippen LogP contribution in [0.25, 0.3) is 0 Å². The molecular formula is C11H17ClN2OS. The lowest BCUT2D eigenvalue weighted by atomic mass is 10.3.